The number of carbonyl (C=O) groups excluding carboxylic acids is 2. The molecule has 1 unspecified atom stereocenters. The molecule has 9 heteroatoms. The zero-order valence-corrected chi connectivity index (χ0v) is 21.5. The van der Waals surface area contributed by atoms with Crippen LogP contribution in [0.15, 0.2) is 59.5 Å². The predicted octanol–water partition coefficient (Wildman–Crippen LogP) is 5.13. The fourth-order valence-corrected chi connectivity index (χ4v) is 6.74. The van der Waals surface area contributed by atoms with E-state index in [4.69, 9.17) is 4.74 Å². The Morgan fingerprint density at radius 1 is 1.11 bits per heavy atom. The fraction of sp³-hybridized carbons (Fsp3) is 0.308. The van der Waals surface area contributed by atoms with Crippen molar-refractivity contribution < 1.29 is 22.7 Å². The highest BCUT2D eigenvalue weighted by Gasteiger charge is 2.29. The molecule has 0 aliphatic heterocycles. The summed E-state index contributed by atoms with van der Waals surface area (Å²) in [7, 11) is -2.29. The maximum absolute atomic E-state index is 13.0. The van der Waals surface area contributed by atoms with Crippen LogP contribution in [-0.2, 0) is 27.6 Å². The Morgan fingerprint density at radius 2 is 1.80 bits per heavy atom. The number of hydrogen-bond acceptors (Lipinski definition) is 6. The number of amides is 1. The minimum Gasteiger partial charge on any atom is -0.462 e. The molecule has 1 amide bonds. The topological polar surface area (TPSA) is 92.8 Å². The fourth-order valence-electron chi connectivity index (χ4n) is 4.15. The molecular weight excluding hydrogens is 484 g/mol. The molecule has 3 aromatic rings. The molecule has 0 spiro atoms. The van der Waals surface area contributed by atoms with Gasteiger partial charge in [-0.3, -0.25) is 9.10 Å². The zero-order valence-electron chi connectivity index (χ0n) is 19.9. The molecule has 2 aromatic carbocycles. The minimum absolute atomic E-state index is 0.0770. The number of ether oxygens (including phenoxy) is 1. The molecule has 4 rings (SSSR count). The molecule has 1 atom stereocenters. The molecule has 0 saturated heterocycles. The Kier molecular flexibility index (Phi) is 7.28. The van der Waals surface area contributed by atoms with Gasteiger partial charge in [-0.2, -0.15) is 0 Å². The van der Waals surface area contributed by atoms with Crippen molar-refractivity contribution >= 4 is 43.9 Å². The summed E-state index contributed by atoms with van der Waals surface area (Å²) in [6.07, 6.45) is 2.62. The summed E-state index contributed by atoms with van der Waals surface area (Å²) < 4.78 is 32.5. The molecule has 1 heterocycles. The van der Waals surface area contributed by atoms with Gasteiger partial charge in [0.15, 0.2) is 0 Å². The Hall–Kier alpha value is -3.17. The lowest BCUT2D eigenvalue weighted by atomic mass is 9.88. The van der Waals surface area contributed by atoms with Gasteiger partial charge < -0.3 is 10.1 Å². The number of rotatable bonds is 7. The molecule has 184 valence electrons. The van der Waals surface area contributed by atoms with E-state index >= 15 is 0 Å². The van der Waals surface area contributed by atoms with Crippen LogP contribution in [0.3, 0.4) is 0 Å². The van der Waals surface area contributed by atoms with Crippen LogP contribution in [0.1, 0.15) is 51.4 Å². The molecule has 7 nitrogen and oxygen atoms in total. The minimum atomic E-state index is -3.78. The molecule has 1 aromatic heterocycles. The number of sulfonamides is 1. The van der Waals surface area contributed by atoms with Crippen molar-refractivity contribution in [2.24, 2.45) is 5.92 Å². The second kappa shape index (κ2) is 10.2. The number of benzene rings is 2. The monoisotopic (exact) mass is 512 g/mol. The average Bonchev–Trinajstić information content (AvgIpc) is 3.21. The first kappa shape index (κ1) is 24.9. The maximum atomic E-state index is 13.0. The quantitative estimate of drug-likeness (QED) is 0.443. The SMILES string of the molecule is CCOC(=O)c1c(NC(=O)c2ccc(S(=O)(=O)N(C)c3ccccc3)cc2)sc2c1CCC(C)C2. The molecule has 1 N–H and O–H groups in total. The summed E-state index contributed by atoms with van der Waals surface area (Å²) in [6, 6.07) is 14.5. The van der Waals surface area contributed by atoms with Gasteiger partial charge in [0, 0.05) is 17.5 Å². The molecule has 0 radical (unpaired) electrons. The van der Waals surface area contributed by atoms with Crippen molar-refractivity contribution in [1.29, 1.82) is 0 Å². The van der Waals surface area contributed by atoms with Gasteiger partial charge in [0.2, 0.25) is 0 Å². The van der Waals surface area contributed by atoms with Crippen molar-refractivity contribution in [2.75, 3.05) is 23.3 Å². The van der Waals surface area contributed by atoms with Crippen LogP contribution in [0.25, 0.3) is 0 Å². The van der Waals surface area contributed by atoms with Gasteiger partial charge in [-0.25, -0.2) is 13.2 Å². The van der Waals surface area contributed by atoms with Gasteiger partial charge >= 0.3 is 5.97 Å². The Balaban J connectivity index is 1.57. The van der Waals surface area contributed by atoms with Crippen molar-refractivity contribution in [2.45, 2.75) is 38.0 Å². The number of anilines is 2. The van der Waals surface area contributed by atoms with Crippen molar-refractivity contribution in [3.8, 4) is 0 Å². The molecule has 0 saturated carbocycles. The van der Waals surface area contributed by atoms with E-state index in [1.807, 2.05) is 6.07 Å². The first-order chi connectivity index (χ1) is 16.7. The highest BCUT2D eigenvalue weighted by molar-refractivity contribution is 7.92. The van der Waals surface area contributed by atoms with Crippen LogP contribution < -0.4 is 9.62 Å². The second-order valence-corrected chi connectivity index (χ2v) is 11.6. The van der Waals surface area contributed by atoms with Crippen molar-refractivity contribution in [3.63, 3.8) is 0 Å². The van der Waals surface area contributed by atoms with Gasteiger partial charge in [-0.15, -0.1) is 11.3 Å². The largest absolute Gasteiger partial charge is 0.462 e. The normalized spacial score (nSPS) is 15.2. The second-order valence-electron chi connectivity index (χ2n) is 8.56. The van der Waals surface area contributed by atoms with E-state index in [9.17, 15) is 18.0 Å². The van der Waals surface area contributed by atoms with Crippen molar-refractivity contribution in [1.82, 2.24) is 0 Å². The van der Waals surface area contributed by atoms with Crippen LogP contribution in [0.4, 0.5) is 10.7 Å². The number of carbonyl (C=O) groups is 2. The standard InChI is InChI=1S/C26H28N2O5S2/c1-4-33-26(30)23-21-15-10-17(2)16-22(21)34-25(23)27-24(29)18-11-13-20(14-12-18)35(31,32)28(3)19-8-6-5-7-9-19/h5-9,11-14,17H,4,10,15-16H2,1-3H3,(H,27,29). The Bertz CT molecular complexity index is 1330. The summed E-state index contributed by atoms with van der Waals surface area (Å²) in [5, 5.41) is 3.34. The third-order valence-corrected chi connectivity index (χ3v) is 9.08. The molecule has 0 bridgehead atoms. The van der Waals surface area contributed by atoms with Crippen LogP contribution in [0.2, 0.25) is 0 Å². The van der Waals surface area contributed by atoms with Gasteiger partial charge in [-0.1, -0.05) is 25.1 Å². The van der Waals surface area contributed by atoms with Crippen LogP contribution in [-0.4, -0.2) is 33.9 Å². The Labute approximate surface area is 209 Å². The number of nitrogens with zero attached hydrogens (tertiary/aromatic N) is 1. The number of esters is 1. The van der Waals surface area contributed by atoms with E-state index in [0.717, 1.165) is 29.7 Å². The highest BCUT2D eigenvalue weighted by Crippen LogP contribution is 2.40. The smallest absolute Gasteiger partial charge is 0.341 e. The molecule has 1 aliphatic rings. The zero-order chi connectivity index (χ0) is 25.2. The van der Waals surface area contributed by atoms with Crippen molar-refractivity contribution in [3.05, 3.63) is 76.2 Å². The first-order valence-corrected chi connectivity index (χ1v) is 13.7. The summed E-state index contributed by atoms with van der Waals surface area (Å²) in [6.45, 7) is 4.18. The van der Waals surface area contributed by atoms with E-state index in [2.05, 4.69) is 12.2 Å². The lowest BCUT2D eigenvalue weighted by molar-refractivity contribution is 0.0526. The van der Waals surface area contributed by atoms with Gasteiger partial charge in [0.05, 0.1) is 22.8 Å². The van der Waals surface area contributed by atoms with E-state index in [1.165, 1.54) is 47.0 Å². The summed E-state index contributed by atoms with van der Waals surface area (Å²) >= 11 is 1.42. The summed E-state index contributed by atoms with van der Waals surface area (Å²) in [5.74, 6) is -0.328. The predicted molar refractivity (Wildman–Crippen MR) is 138 cm³/mol. The average molecular weight is 513 g/mol. The number of hydrogen-bond donors (Lipinski definition) is 1. The molecule has 0 fully saturated rings. The van der Waals surface area contributed by atoms with Crippen LogP contribution >= 0.6 is 11.3 Å². The third kappa shape index (κ3) is 5.11. The van der Waals surface area contributed by atoms with E-state index in [1.54, 1.807) is 31.2 Å². The molecular formula is C26H28N2O5S2. The number of thiophene rings is 1. The summed E-state index contributed by atoms with van der Waals surface area (Å²) in [5.41, 5.74) is 2.24. The number of fused-ring (bicyclic) bond motifs is 1. The molecule has 35 heavy (non-hydrogen) atoms. The highest BCUT2D eigenvalue weighted by atomic mass is 32.2. The van der Waals surface area contributed by atoms with Crippen LogP contribution in [0.5, 0.6) is 0 Å². The first-order valence-electron chi connectivity index (χ1n) is 11.5. The third-order valence-electron chi connectivity index (χ3n) is 6.11. The number of nitrogens with one attached hydrogen (secondary N) is 1. The van der Waals surface area contributed by atoms with E-state index in [-0.39, 0.29) is 11.5 Å². The van der Waals surface area contributed by atoms with Gasteiger partial charge in [0.1, 0.15) is 5.00 Å². The number of para-hydroxylation sites is 1. The maximum Gasteiger partial charge on any atom is 0.341 e. The van der Waals surface area contributed by atoms with E-state index < -0.39 is 21.9 Å². The van der Waals surface area contributed by atoms with Gasteiger partial charge in [-0.05, 0) is 74.1 Å². The Morgan fingerprint density at radius 3 is 2.46 bits per heavy atom. The lowest BCUT2D eigenvalue weighted by Crippen LogP contribution is -2.26. The molecule has 1 aliphatic carbocycles. The van der Waals surface area contributed by atoms with Gasteiger partial charge in [0.25, 0.3) is 15.9 Å². The summed E-state index contributed by atoms with van der Waals surface area (Å²) in [4.78, 5) is 26.9. The van der Waals surface area contributed by atoms with Crippen LogP contribution in [0, 0.1) is 5.92 Å². The van der Waals surface area contributed by atoms with E-state index in [0.29, 0.717) is 27.7 Å². The lowest BCUT2D eigenvalue weighted by Gasteiger charge is -2.19.